The number of aliphatic hydroxyl groups excluding tert-OH is 1. The normalized spacial score (nSPS) is 21.4. The Hall–Kier alpha value is -2.26. The van der Waals surface area contributed by atoms with E-state index in [1.54, 1.807) is 6.20 Å². The molecular weight excluding hydrogens is 498 g/mol. The maximum absolute atomic E-state index is 9.72. The molecule has 8 nitrogen and oxygen atoms in total. The first-order chi connectivity index (χ1) is 19.5. The summed E-state index contributed by atoms with van der Waals surface area (Å²) in [5.41, 5.74) is 8.96. The van der Waals surface area contributed by atoms with Gasteiger partial charge in [-0.1, -0.05) is 43.5 Å². The van der Waals surface area contributed by atoms with Crippen molar-refractivity contribution in [3.63, 3.8) is 0 Å². The molecule has 1 aromatic heterocycles. The molecule has 0 bridgehead atoms. The Bertz CT molecular complexity index is 1030. The molecule has 8 heteroatoms. The summed E-state index contributed by atoms with van der Waals surface area (Å²) in [6, 6.07) is 9.95. The molecule has 0 amide bonds. The smallest absolute Gasteiger partial charge is 0.106 e. The van der Waals surface area contributed by atoms with Crippen LogP contribution >= 0.6 is 0 Å². The molecule has 220 valence electrons. The van der Waals surface area contributed by atoms with Crippen LogP contribution in [0.4, 0.5) is 0 Å². The molecule has 2 aromatic rings. The van der Waals surface area contributed by atoms with Crippen molar-refractivity contribution in [2.75, 3.05) is 45.9 Å². The van der Waals surface area contributed by atoms with Gasteiger partial charge in [0, 0.05) is 64.0 Å². The topological polar surface area (TPSA) is 108 Å². The SMILES string of the molecule is N=C(N)CC(Cc1ncc[nH]1)CN(CCO)Cc1ccc(CN2CCC3(CCN(C4CCCCC4)CC3)C2)cc1. The summed E-state index contributed by atoms with van der Waals surface area (Å²) < 4.78 is 0. The minimum Gasteiger partial charge on any atom is -0.395 e. The number of amidine groups is 1. The zero-order valence-electron chi connectivity index (χ0n) is 24.4. The fourth-order valence-electron chi connectivity index (χ4n) is 7.58. The fraction of sp³-hybridized carbons (Fsp3) is 0.688. The van der Waals surface area contributed by atoms with Crippen LogP contribution in [0.1, 0.15) is 74.7 Å². The summed E-state index contributed by atoms with van der Waals surface area (Å²) >= 11 is 0. The van der Waals surface area contributed by atoms with E-state index >= 15 is 0 Å². The number of aromatic nitrogens is 2. The highest BCUT2D eigenvalue weighted by Gasteiger charge is 2.41. The number of likely N-dealkylation sites (tertiary alicyclic amines) is 2. The second-order valence-electron chi connectivity index (χ2n) is 12.9. The summed E-state index contributed by atoms with van der Waals surface area (Å²) in [5.74, 6) is 1.29. The molecular formula is C32H51N7O. The lowest BCUT2D eigenvalue weighted by Crippen LogP contribution is -2.46. The minimum atomic E-state index is 0.112. The lowest BCUT2D eigenvalue weighted by molar-refractivity contribution is 0.0615. The van der Waals surface area contributed by atoms with Crippen molar-refractivity contribution >= 4 is 5.84 Å². The quantitative estimate of drug-likeness (QED) is 0.222. The maximum atomic E-state index is 9.72. The number of aliphatic hydroxyl groups is 1. The average molecular weight is 550 g/mol. The first-order valence-corrected chi connectivity index (χ1v) is 15.7. The van der Waals surface area contributed by atoms with Crippen LogP contribution in [-0.2, 0) is 19.5 Å². The van der Waals surface area contributed by atoms with Gasteiger partial charge in [0.05, 0.1) is 12.4 Å². The zero-order valence-corrected chi connectivity index (χ0v) is 24.4. The Morgan fingerprint density at radius 3 is 2.50 bits per heavy atom. The number of imidazole rings is 1. The summed E-state index contributed by atoms with van der Waals surface area (Å²) in [6.07, 6.45) is 16.1. The number of hydrogen-bond acceptors (Lipinski definition) is 6. The van der Waals surface area contributed by atoms with Crippen LogP contribution in [-0.4, -0.2) is 87.5 Å². The van der Waals surface area contributed by atoms with E-state index in [-0.39, 0.29) is 18.4 Å². The Morgan fingerprint density at radius 2 is 1.82 bits per heavy atom. The van der Waals surface area contributed by atoms with Gasteiger partial charge in [0.2, 0.25) is 0 Å². The van der Waals surface area contributed by atoms with Crippen molar-refractivity contribution in [2.45, 2.75) is 83.3 Å². The van der Waals surface area contributed by atoms with Crippen molar-refractivity contribution in [2.24, 2.45) is 17.1 Å². The second-order valence-corrected chi connectivity index (χ2v) is 12.9. The average Bonchev–Trinajstić information content (AvgIpc) is 3.60. The first-order valence-electron chi connectivity index (χ1n) is 15.7. The van der Waals surface area contributed by atoms with Crippen molar-refractivity contribution in [3.8, 4) is 0 Å². The minimum absolute atomic E-state index is 0.112. The van der Waals surface area contributed by atoms with Crippen LogP contribution in [0.3, 0.4) is 0 Å². The van der Waals surface area contributed by atoms with E-state index in [1.807, 2.05) is 6.20 Å². The van der Waals surface area contributed by atoms with Crippen molar-refractivity contribution in [1.82, 2.24) is 24.7 Å². The Labute approximate surface area is 240 Å². The van der Waals surface area contributed by atoms with E-state index in [2.05, 4.69) is 48.9 Å². The summed E-state index contributed by atoms with van der Waals surface area (Å²) in [6.45, 7) is 8.39. The number of rotatable bonds is 13. The third-order valence-corrected chi connectivity index (χ3v) is 9.78. The third-order valence-electron chi connectivity index (χ3n) is 9.78. The van der Waals surface area contributed by atoms with Crippen molar-refractivity contribution < 1.29 is 5.11 Å². The Kier molecular flexibility index (Phi) is 10.3. The van der Waals surface area contributed by atoms with Gasteiger partial charge < -0.3 is 20.7 Å². The van der Waals surface area contributed by atoms with Gasteiger partial charge in [-0.25, -0.2) is 4.98 Å². The summed E-state index contributed by atoms with van der Waals surface area (Å²) in [4.78, 5) is 15.3. The molecule has 1 atom stereocenters. The molecule has 1 saturated carbocycles. The van der Waals surface area contributed by atoms with Crippen LogP contribution in [0.15, 0.2) is 36.7 Å². The highest BCUT2D eigenvalue weighted by molar-refractivity contribution is 5.77. The number of H-pyrrole nitrogens is 1. The molecule has 40 heavy (non-hydrogen) atoms. The second kappa shape index (κ2) is 14.1. The molecule has 5 rings (SSSR count). The number of hydrogen-bond donors (Lipinski definition) is 4. The Balaban J connectivity index is 1.10. The van der Waals surface area contributed by atoms with Gasteiger partial charge in [0.25, 0.3) is 0 Å². The number of piperidine rings is 1. The van der Waals surface area contributed by atoms with Crippen LogP contribution < -0.4 is 5.73 Å². The van der Waals surface area contributed by atoms with E-state index in [9.17, 15) is 5.11 Å². The van der Waals surface area contributed by atoms with E-state index < -0.39 is 0 Å². The molecule has 3 heterocycles. The van der Waals surface area contributed by atoms with E-state index in [4.69, 9.17) is 11.1 Å². The van der Waals surface area contributed by atoms with Gasteiger partial charge >= 0.3 is 0 Å². The lowest BCUT2D eigenvalue weighted by Gasteiger charge is -2.43. The molecule has 3 aliphatic rings. The number of nitrogens with zero attached hydrogens (tertiary/aromatic N) is 4. The van der Waals surface area contributed by atoms with Crippen LogP contribution in [0.25, 0.3) is 0 Å². The number of benzene rings is 1. The number of aromatic amines is 1. The van der Waals surface area contributed by atoms with Gasteiger partial charge in [-0.15, -0.1) is 0 Å². The molecule has 1 unspecified atom stereocenters. The van der Waals surface area contributed by atoms with Gasteiger partial charge in [-0.2, -0.15) is 0 Å². The van der Waals surface area contributed by atoms with Gasteiger partial charge in [-0.3, -0.25) is 15.2 Å². The predicted molar refractivity (Wildman–Crippen MR) is 161 cm³/mol. The molecule has 1 spiro atoms. The molecule has 5 N–H and O–H groups in total. The maximum Gasteiger partial charge on any atom is 0.106 e. The van der Waals surface area contributed by atoms with E-state index in [0.29, 0.717) is 18.4 Å². The van der Waals surface area contributed by atoms with Crippen LogP contribution in [0.5, 0.6) is 0 Å². The zero-order chi connectivity index (χ0) is 27.8. The third kappa shape index (κ3) is 8.15. The monoisotopic (exact) mass is 549 g/mol. The van der Waals surface area contributed by atoms with Crippen molar-refractivity contribution in [3.05, 3.63) is 53.6 Å². The molecule has 1 aliphatic carbocycles. The molecule has 2 saturated heterocycles. The first kappa shape index (κ1) is 29.2. The standard InChI is InChI=1S/C32H51N7O/c33-30(34)20-28(21-31-35-13-14-36-31)24-37(18-19-40)22-26-6-8-27(9-7-26)23-38-15-10-32(25-38)11-16-39(17-12-32)29-4-2-1-3-5-29/h6-9,13-14,28-29,40H,1-5,10-12,15-25H2,(H3,33,34)(H,35,36). The highest BCUT2D eigenvalue weighted by atomic mass is 16.3. The van der Waals surface area contributed by atoms with Gasteiger partial charge in [0.15, 0.2) is 0 Å². The van der Waals surface area contributed by atoms with E-state index in [0.717, 1.165) is 37.9 Å². The fourth-order valence-corrected chi connectivity index (χ4v) is 7.58. The van der Waals surface area contributed by atoms with Gasteiger partial charge in [-0.05, 0) is 74.2 Å². The van der Waals surface area contributed by atoms with Gasteiger partial charge in [0.1, 0.15) is 5.82 Å². The van der Waals surface area contributed by atoms with Crippen molar-refractivity contribution in [1.29, 1.82) is 5.41 Å². The largest absolute Gasteiger partial charge is 0.395 e. The predicted octanol–water partition coefficient (Wildman–Crippen LogP) is 4.01. The summed E-state index contributed by atoms with van der Waals surface area (Å²) in [7, 11) is 0. The lowest BCUT2D eigenvalue weighted by atomic mass is 9.77. The highest BCUT2D eigenvalue weighted by Crippen LogP contribution is 2.42. The summed E-state index contributed by atoms with van der Waals surface area (Å²) in [5, 5.41) is 17.5. The van der Waals surface area contributed by atoms with Crippen LogP contribution in [0.2, 0.25) is 0 Å². The molecule has 3 fully saturated rings. The molecule has 1 aromatic carbocycles. The number of nitrogens with one attached hydrogen (secondary N) is 2. The van der Waals surface area contributed by atoms with Crippen LogP contribution in [0, 0.1) is 16.7 Å². The van der Waals surface area contributed by atoms with E-state index in [1.165, 1.54) is 88.7 Å². The molecule has 0 radical (unpaired) electrons. The molecule has 2 aliphatic heterocycles. The number of nitrogens with two attached hydrogens (primary N) is 1. The Morgan fingerprint density at radius 1 is 1.10 bits per heavy atom.